The molecule has 8 heteroatoms. The van der Waals surface area contributed by atoms with Gasteiger partial charge in [0, 0.05) is 21.9 Å². The topological polar surface area (TPSA) is 51.1 Å². The van der Waals surface area contributed by atoms with Gasteiger partial charge in [-0.15, -0.1) is 23.1 Å². The van der Waals surface area contributed by atoms with E-state index in [2.05, 4.69) is 0 Å². The Morgan fingerprint density at radius 2 is 1.97 bits per heavy atom. The van der Waals surface area contributed by atoms with Crippen LogP contribution in [0, 0.1) is 0 Å². The molecule has 0 saturated heterocycles. The number of carbonyl (C=O) groups excluding carboxylic acids is 1. The number of rotatable bonds is 7. The number of thiophene rings is 1. The van der Waals surface area contributed by atoms with Gasteiger partial charge in [0.1, 0.15) is 0 Å². The van der Waals surface area contributed by atoms with Crippen LogP contribution in [-0.4, -0.2) is 36.6 Å². The molecule has 3 aromatic rings. The minimum Gasteiger partial charge on any atom is -0.493 e. The lowest BCUT2D eigenvalue weighted by Gasteiger charge is -2.24. The smallest absolute Gasteiger partial charge is 0.253 e. The molecule has 4 rings (SSSR count). The Labute approximate surface area is 194 Å². The van der Waals surface area contributed by atoms with Crippen LogP contribution in [0.4, 0.5) is 0 Å². The van der Waals surface area contributed by atoms with Crippen molar-refractivity contribution in [3.8, 4) is 11.5 Å². The maximum absolute atomic E-state index is 13.2. The van der Waals surface area contributed by atoms with E-state index in [0.717, 1.165) is 21.0 Å². The second kappa shape index (κ2) is 9.77. The van der Waals surface area contributed by atoms with E-state index in [1.54, 1.807) is 30.6 Å². The summed E-state index contributed by atoms with van der Waals surface area (Å²) in [4.78, 5) is 15.3. The van der Waals surface area contributed by atoms with Gasteiger partial charge in [-0.25, -0.2) is 5.01 Å². The predicted octanol–water partition coefficient (Wildman–Crippen LogP) is 5.89. The van der Waals surface area contributed by atoms with Crippen LogP contribution in [0.1, 0.15) is 22.9 Å². The molecule has 1 atom stereocenters. The molecule has 0 spiro atoms. The third kappa shape index (κ3) is 4.74. The fourth-order valence-corrected chi connectivity index (χ4v) is 5.09. The number of para-hydroxylation sites is 1. The molecule has 0 fully saturated rings. The minimum absolute atomic E-state index is 0.0682. The molecule has 0 bridgehead atoms. The zero-order chi connectivity index (χ0) is 21.8. The number of carbonyl (C=O) groups is 1. The first kappa shape index (κ1) is 21.7. The SMILES string of the molecule is COc1cccc(C2CC(c3cccs3)=NN2C(=O)CSc2ccc(Cl)cc2)c1OC. The summed E-state index contributed by atoms with van der Waals surface area (Å²) in [7, 11) is 3.22. The highest BCUT2D eigenvalue weighted by atomic mass is 35.5. The van der Waals surface area contributed by atoms with Crippen molar-refractivity contribution in [2.45, 2.75) is 17.4 Å². The molecule has 2 aromatic carbocycles. The van der Waals surface area contributed by atoms with Crippen molar-refractivity contribution in [1.29, 1.82) is 0 Å². The van der Waals surface area contributed by atoms with Gasteiger partial charge in [0.25, 0.3) is 5.91 Å². The molecule has 2 heterocycles. The first-order chi connectivity index (χ1) is 15.1. The maximum atomic E-state index is 13.2. The van der Waals surface area contributed by atoms with Crippen molar-refractivity contribution in [3.05, 3.63) is 75.4 Å². The molecule has 0 aliphatic carbocycles. The molecule has 160 valence electrons. The second-order valence-electron chi connectivity index (χ2n) is 6.81. The number of nitrogens with zero attached hydrogens (tertiary/aromatic N) is 2. The lowest BCUT2D eigenvalue weighted by molar-refractivity contribution is -0.130. The average Bonchev–Trinajstić information content (AvgIpc) is 3.48. The van der Waals surface area contributed by atoms with Gasteiger partial charge >= 0.3 is 0 Å². The van der Waals surface area contributed by atoms with Crippen molar-refractivity contribution in [3.63, 3.8) is 0 Å². The quantitative estimate of drug-likeness (QED) is 0.402. The number of thioether (sulfide) groups is 1. The van der Waals surface area contributed by atoms with Gasteiger partial charge in [-0.3, -0.25) is 4.79 Å². The third-order valence-electron chi connectivity index (χ3n) is 4.94. The van der Waals surface area contributed by atoms with Gasteiger partial charge in [-0.05, 0) is 41.8 Å². The average molecular weight is 473 g/mol. The number of hydrazone groups is 1. The Balaban J connectivity index is 1.62. The molecule has 1 aromatic heterocycles. The van der Waals surface area contributed by atoms with Crippen molar-refractivity contribution in [1.82, 2.24) is 5.01 Å². The Hall–Kier alpha value is -2.48. The molecule has 5 nitrogen and oxygen atoms in total. The van der Waals surface area contributed by atoms with Crippen LogP contribution in [0.5, 0.6) is 11.5 Å². The normalized spacial score (nSPS) is 15.6. The standard InChI is InChI=1S/C23H21ClN2O3S2/c1-28-20-6-3-5-17(23(20)29-2)19-13-18(21-7-4-12-30-21)25-26(19)22(27)14-31-16-10-8-15(24)9-11-16/h3-12,19H,13-14H2,1-2H3. The maximum Gasteiger partial charge on any atom is 0.253 e. The van der Waals surface area contributed by atoms with Gasteiger partial charge in [-0.2, -0.15) is 5.10 Å². The molecular formula is C23H21ClN2O3S2. The fraction of sp³-hybridized carbons (Fsp3) is 0.217. The Morgan fingerprint density at radius 1 is 1.16 bits per heavy atom. The molecule has 31 heavy (non-hydrogen) atoms. The molecule has 1 amide bonds. The molecule has 1 aliphatic heterocycles. The monoisotopic (exact) mass is 472 g/mol. The fourth-order valence-electron chi connectivity index (χ4n) is 3.49. The van der Waals surface area contributed by atoms with Gasteiger partial charge in [0.2, 0.25) is 0 Å². The Kier molecular flexibility index (Phi) is 6.85. The van der Waals surface area contributed by atoms with E-state index in [-0.39, 0.29) is 17.7 Å². The van der Waals surface area contributed by atoms with Crippen LogP contribution in [0.25, 0.3) is 0 Å². The van der Waals surface area contributed by atoms with Crippen LogP contribution < -0.4 is 9.47 Å². The zero-order valence-electron chi connectivity index (χ0n) is 17.1. The summed E-state index contributed by atoms with van der Waals surface area (Å²) in [6.07, 6.45) is 0.612. The van der Waals surface area contributed by atoms with Crippen LogP contribution >= 0.6 is 34.7 Å². The molecule has 0 radical (unpaired) electrons. The summed E-state index contributed by atoms with van der Waals surface area (Å²) in [5.41, 5.74) is 1.77. The lowest BCUT2D eigenvalue weighted by Crippen LogP contribution is -2.28. The number of benzene rings is 2. The first-order valence-electron chi connectivity index (χ1n) is 9.63. The van der Waals surface area contributed by atoms with Crippen molar-refractivity contribution < 1.29 is 14.3 Å². The van der Waals surface area contributed by atoms with E-state index in [4.69, 9.17) is 26.2 Å². The summed E-state index contributed by atoms with van der Waals surface area (Å²) >= 11 is 9.04. The molecule has 1 aliphatic rings. The predicted molar refractivity (Wildman–Crippen MR) is 127 cm³/mol. The number of halogens is 1. The van der Waals surface area contributed by atoms with Gasteiger partial charge < -0.3 is 9.47 Å². The van der Waals surface area contributed by atoms with Crippen molar-refractivity contribution >= 4 is 46.3 Å². The summed E-state index contributed by atoms with van der Waals surface area (Å²) in [6.45, 7) is 0. The largest absolute Gasteiger partial charge is 0.493 e. The van der Waals surface area contributed by atoms with Crippen molar-refractivity contribution in [2.24, 2.45) is 5.10 Å². The number of hydrogen-bond donors (Lipinski definition) is 0. The number of hydrogen-bond acceptors (Lipinski definition) is 6. The molecule has 1 unspecified atom stereocenters. The van der Waals surface area contributed by atoms with E-state index in [1.807, 2.05) is 60.0 Å². The van der Waals surface area contributed by atoms with Crippen LogP contribution in [0.2, 0.25) is 5.02 Å². The minimum atomic E-state index is -0.263. The van der Waals surface area contributed by atoms with E-state index in [0.29, 0.717) is 22.9 Å². The highest BCUT2D eigenvalue weighted by Gasteiger charge is 2.35. The number of amides is 1. The Bertz CT molecular complexity index is 1080. The van der Waals surface area contributed by atoms with Crippen LogP contribution in [0.3, 0.4) is 0 Å². The van der Waals surface area contributed by atoms with Crippen molar-refractivity contribution in [2.75, 3.05) is 20.0 Å². The second-order valence-corrected chi connectivity index (χ2v) is 9.24. The summed E-state index contributed by atoms with van der Waals surface area (Å²) in [6, 6.07) is 16.9. The first-order valence-corrected chi connectivity index (χ1v) is 11.9. The van der Waals surface area contributed by atoms with Crippen LogP contribution in [-0.2, 0) is 4.79 Å². The lowest BCUT2D eigenvalue weighted by atomic mass is 9.99. The summed E-state index contributed by atoms with van der Waals surface area (Å²) in [5.74, 6) is 1.46. The van der Waals surface area contributed by atoms with E-state index < -0.39 is 0 Å². The number of methoxy groups -OCH3 is 2. The molecule has 0 saturated carbocycles. The van der Waals surface area contributed by atoms with Gasteiger partial charge in [0.15, 0.2) is 11.5 Å². The van der Waals surface area contributed by atoms with Gasteiger partial charge in [-0.1, -0.05) is 29.8 Å². The third-order valence-corrected chi connectivity index (χ3v) is 7.11. The number of ether oxygens (including phenoxy) is 2. The van der Waals surface area contributed by atoms with E-state index in [1.165, 1.54) is 11.8 Å². The molecular weight excluding hydrogens is 452 g/mol. The summed E-state index contributed by atoms with van der Waals surface area (Å²) in [5, 5.41) is 9.00. The highest BCUT2D eigenvalue weighted by molar-refractivity contribution is 8.00. The Morgan fingerprint density at radius 3 is 2.65 bits per heavy atom. The van der Waals surface area contributed by atoms with E-state index in [9.17, 15) is 4.79 Å². The van der Waals surface area contributed by atoms with Crippen LogP contribution in [0.15, 0.2) is 70.0 Å². The highest BCUT2D eigenvalue weighted by Crippen LogP contribution is 2.42. The zero-order valence-corrected chi connectivity index (χ0v) is 19.5. The molecule has 0 N–H and O–H groups in total. The van der Waals surface area contributed by atoms with E-state index >= 15 is 0 Å². The van der Waals surface area contributed by atoms with Gasteiger partial charge in [0.05, 0.1) is 36.6 Å². The summed E-state index contributed by atoms with van der Waals surface area (Å²) < 4.78 is 11.1.